The SMILES string of the molecule is Oc1ccc2c(c1)OC[C@@H](c1ccccc1)[C@H]2c1ccc(OCCN2CCCC2)cc1. The fourth-order valence-electron chi connectivity index (χ4n) is 4.87. The summed E-state index contributed by atoms with van der Waals surface area (Å²) in [4.78, 5) is 2.47. The van der Waals surface area contributed by atoms with Crippen molar-refractivity contribution in [3.8, 4) is 17.2 Å². The minimum absolute atomic E-state index is 0.158. The van der Waals surface area contributed by atoms with E-state index in [1.54, 1.807) is 12.1 Å². The van der Waals surface area contributed by atoms with Gasteiger partial charge in [0.1, 0.15) is 23.9 Å². The summed E-state index contributed by atoms with van der Waals surface area (Å²) in [7, 11) is 0. The molecule has 0 bridgehead atoms. The van der Waals surface area contributed by atoms with Gasteiger partial charge in [-0.3, -0.25) is 4.90 Å². The van der Waals surface area contributed by atoms with Crippen molar-refractivity contribution in [3.63, 3.8) is 0 Å². The molecule has 3 aromatic carbocycles. The number of phenolic OH excluding ortho intramolecular Hbond substituents is 1. The summed E-state index contributed by atoms with van der Waals surface area (Å²) in [6.45, 7) is 4.70. The van der Waals surface area contributed by atoms with E-state index in [-0.39, 0.29) is 17.6 Å². The molecular weight excluding hydrogens is 386 g/mol. The van der Waals surface area contributed by atoms with E-state index >= 15 is 0 Å². The van der Waals surface area contributed by atoms with Crippen LogP contribution in [-0.2, 0) is 0 Å². The molecule has 1 N–H and O–H groups in total. The highest BCUT2D eigenvalue weighted by Crippen LogP contribution is 2.47. The second-order valence-corrected chi connectivity index (χ2v) is 8.49. The largest absolute Gasteiger partial charge is 0.508 e. The molecule has 2 atom stereocenters. The highest BCUT2D eigenvalue weighted by Gasteiger charge is 2.33. The number of ether oxygens (including phenoxy) is 2. The first-order chi connectivity index (χ1) is 15.3. The van der Waals surface area contributed by atoms with Crippen LogP contribution in [0.1, 0.15) is 41.4 Å². The van der Waals surface area contributed by atoms with Crippen LogP contribution in [0.4, 0.5) is 0 Å². The third kappa shape index (κ3) is 4.40. The van der Waals surface area contributed by atoms with Crippen LogP contribution in [0.3, 0.4) is 0 Å². The third-order valence-corrected chi connectivity index (χ3v) is 6.49. The van der Waals surface area contributed by atoms with Gasteiger partial charge in [0.25, 0.3) is 0 Å². The van der Waals surface area contributed by atoms with E-state index in [1.165, 1.54) is 37.1 Å². The molecule has 2 aliphatic heterocycles. The van der Waals surface area contributed by atoms with Crippen molar-refractivity contribution in [1.29, 1.82) is 0 Å². The lowest BCUT2D eigenvalue weighted by atomic mass is 9.76. The zero-order valence-corrected chi connectivity index (χ0v) is 17.7. The van der Waals surface area contributed by atoms with E-state index in [9.17, 15) is 5.11 Å². The Morgan fingerprint density at radius 3 is 2.45 bits per heavy atom. The van der Waals surface area contributed by atoms with Crippen molar-refractivity contribution in [2.75, 3.05) is 32.8 Å². The molecule has 2 aliphatic rings. The molecule has 0 unspecified atom stereocenters. The zero-order valence-electron chi connectivity index (χ0n) is 17.7. The molecule has 4 nitrogen and oxygen atoms in total. The predicted molar refractivity (Wildman–Crippen MR) is 122 cm³/mol. The second kappa shape index (κ2) is 9.03. The molecule has 160 valence electrons. The molecule has 1 saturated heterocycles. The summed E-state index contributed by atoms with van der Waals surface area (Å²) in [5.41, 5.74) is 3.61. The summed E-state index contributed by atoms with van der Waals surface area (Å²) in [6.07, 6.45) is 2.61. The van der Waals surface area contributed by atoms with Gasteiger partial charge in [-0.2, -0.15) is 0 Å². The van der Waals surface area contributed by atoms with Crippen LogP contribution in [0.25, 0.3) is 0 Å². The Labute approximate surface area is 184 Å². The van der Waals surface area contributed by atoms with Crippen molar-refractivity contribution in [2.24, 2.45) is 0 Å². The quantitative estimate of drug-likeness (QED) is 0.603. The van der Waals surface area contributed by atoms with Gasteiger partial charge in [-0.15, -0.1) is 0 Å². The summed E-state index contributed by atoms with van der Waals surface area (Å²) in [6, 6.07) is 24.5. The number of nitrogens with zero attached hydrogens (tertiary/aromatic N) is 1. The van der Waals surface area contributed by atoms with Gasteiger partial charge in [0.2, 0.25) is 0 Å². The van der Waals surface area contributed by atoms with Crippen LogP contribution in [-0.4, -0.2) is 42.9 Å². The van der Waals surface area contributed by atoms with Crippen LogP contribution in [0.5, 0.6) is 17.2 Å². The lowest BCUT2D eigenvalue weighted by Crippen LogP contribution is -2.25. The maximum atomic E-state index is 9.93. The van der Waals surface area contributed by atoms with Crippen molar-refractivity contribution in [1.82, 2.24) is 4.90 Å². The molecular formula is C27H29NO3. The molecule has 0 amide bonds. The Kier molecular flexibility index (Phi) is 5.81. The molecule has 0 aromatic heterocycles. The Morgan fingerprint density at radius 1 is 0.903 bits per heavy atom. The van der Waals surface area contributed by atoms with Gasteiger partial charge < -0.3 is 14.6 Å². The highest BCUT2D eigenvalue weighted by atomic mass is 16.5. The van der Waals surface area contributed by atoms with Crippen LogP contribution < -0.4 is 9.47 Å². The van der Waals surface area contributed by atoms with E-state index in [1.807, 2.05) is 12.1 Å². The van der Waals surface area contributed by atoms with E-state index in [4.69, 9.17) is 9.47 Å². The van der Waals surface area contributed by atoms with Crippen LogP contribution in [0, 0.1) is 0 Å². The van der Waals surface area contributed by atoms with Gasteiger partial charge in [-0.25, -0.2) is 0 Å². The normalized spacial score (nSPS) is 20.8. The third-order valence-electron chi connectivity index (χ3n) is 6.49. The number of likely N-dealkylation sites (tertiary alicyclic amines) is 1. The van der Waals surface area contributed by atoms with Gasteiger partial charge in [-0.05, 0) is 55.3 Å². The molecule has 1 fully saturated rings. The molecule has 0 aliphatic carbocycles. The molecule has 0 saturated carbocycles. The lowest BCUT2D eigenvalue weighted by molar-refractivity contribution is 0.237. The molecule has 5 rings (SSSR count). The summed E-state index contributed by atoms with van der Waals surface area (Å²) in [5.74, 6) is 2.28. The molecule has 0 spiro atoms. The fourth-order valence-corrected chi connectivity index (χ4v) is 4.87. The topological polar surface area (TPSA) is 41.9 Å². The summed E-state index contributed by atoms with van der Waals surface area (Å²) >= 11 is 0. The van der Waals surface area contributed by atoms with Crippen molar-refractivity contribution < 1.29 is 14.6 Å². The molecule has 4 heteroatoms. The number of fused-ring (bicyclic) bond motifs is 1. The number of hydrogen-bond acceptors (Lipinski definition) is 4. The predicted octanol–water partition coefficient (Wildman–Crippen LogP) is 5.17. The molecule has 31 heavy (non-hydrogen) atoms. The standard InChI is InChI=1S/C27H29NO3/c29-22-10-13-24-26(18-22)31-19-25(20-6-2-1-3-7-20)27(24)21-8-11-23(12-9-21)30-17-16-28-14-4-5-15-28/h1-3,6-13,18,25,27,29H,4-5,14-17,19H2/t25-,27-/m0/s1. The first-order valence-electron chi connectivity index (χ1n) is 11.2. The molecule has 3 aromatic rings. The van der Waals surface area contributed by atoms with Gasteiger partial charge in [0.15, 0.2) is 0 Å². The van der Waals surface area contributed by atoms with Crippen molar-refractivity contribution in [2.45, 2.75) is 24.7 Å². The monoisotopic (exact) mass is 415 g/mol. The Bertz CT molecular complexity index is 997. The van der Waals surface area contributed by atoms with Crippen molar-refractivity contribution in [3.05, 3.63) is 89.5 Å². The minimum atomic E-state index is 0.158. The van der Waals surface area contributed by atoms with Gasteiger partial charge in [-0.1, -0.05) is 48.5 Å². The minimum Gasteiger partial charge on any atom is -0.508 e. The van der Waals surface area contributed by atoms with Crippen LogP contribution >= 0.6 is 0 Å². The summed E-state index contributed by atoms with van der Waals surface area (Å²) in [5, 5.41) is 9.93. The van der Waals surface area contributed by atoms with Crippen LogP contribution in [0.2, 0.25) is 0 Å². The number of hydrogen-bond donors (Lipinski definition) is 1. The Hall–Kier alpha value is -2.98. The zero-order chi connectivity index (χ0) is 21.0. The average molecular weight is 416 g/mol. The van der Waals surface area contributed by atoms with E-state index in [0.717, 1.165) is 30.2 Å². The maximum Gasteiger partial charge on any atom is 0.126 e. The molecule has 2 heterocycles. The first kappa shape index (κ1) is 20.0. The van der Waals surface area contributed by atoms with Crippen molar-refractivity contribution >= 4 is 0 Å². The maximum absolute atomic E-state index is 9.93. The van der Waals surface area contributed by atoms with Crippen LogP contribution in [0.15, 0.2) is 72.8 Å². The number of benzene rings is 3. The van der Waals surface area contributed by atoms with E-state index < -0.39 is 0 Å². The Morgan fingerprint density at radius 2 is 1.68 bits per heavy atom. The Balaban J connectivity index is 1.38. The smallest absolute Gasteiger partial charge is 0.126 e. The number of rotatable bonds is 6. The first-order valence-corrected chi connectivity index (χ1v) is 11.2. The highest BCUT2D eigenvalue weighted by molar-refractivity contribution is 5.50. The van der Waals surface area contributed by atoms with Gasteiger partial charge in [0.05, 0.1) is 6.61 Å². The average Bonchev–Trinajstić information content (AvgIpc) is 3.33. The second-order valence-electron chi connectivity index (χ2n) is 8.49. The fraction of sp³-hybridized carbons (Fsp3) is 0.333. The van der Waals surface area contributed by atoms with Gasteiger partial charge in [0, 0.05) is 30.0 Å². The van der Waals surface area contributed by atoms with E-state index in [0.29, 0.717) is 6.61 Å². The summed E-state index contributed by atoms with van der Waals surface area (Å²) < 4.78 is 12.1. The number of aromatic hydroxyl groups is 1. The lowest BCUT2D eigenvalue weighted by Gasteiger charge is -2.34. The number of phenols is 1. The van der Waals surface area contributed by atoms with Gasteiger partial charge >= 0.3 is 0 Å². The molecule has 0 radical (unpaired) electrons. The van der Waals surface area contributed by atoms with E-state index in [2.05, 4.69) is 53.4 Å².